The number of amides is 1. The molecule has 0 unspecified atom stereocenters. The highest BCUT2D eigenvalue weighted by atomic mass is 32.2. The van der Waals surface area contributed by atoms with Crippen LogP contribution in [0.1, 0.15) is 21.9 Å². The summed E-state index contributed by atoms with van der Waals surface area (Å²) in [7, 11) is 1.78. The van der Waals surface area contributed by atoms with E-state index in [9.17, 15) is 4.79 Å². The van der Waals surface area contributed by atoms with E-state index in [4.69, 9.17) is 4.42 Å². The summed E-state index contributed by atoms with van der Waals surface area (Å²) in [5.74, 6) is 1.66. The molecule has 0 saturated heterocycles. The summed E-state index contributed by atoms with van der Waals surface area (Å²) in [5.41, 5.74) is 0.698. The maximum absolute atomic E-state index is 12.2. The summed E-state index contributed by atoms with van der Waals surface area (Å²) < 4.78 is 5.48. The van der Waals surface area contributed by atoms with Crippen molar-refractivity contribution >= 4 is 17.7 Å². The van der Waals surface area contributed by atoms with Crippen LogP contribution in [0, 0.1) is 6.92 Å². The summed E-state index contributed by atoms with van der Waals surface area (Å²) in [6.45, 7) is 2.38. The minimum absolute atomic E-state index is 0.00158. The number of aryl methyl sites for hydroxylation is 1. The third-order valence-electron chi connectivity index (χ3n) is 2.87. The van der Waals surface area contributed by atoms with Crippen LogP contribution in [-0.4, -0.2) is 24.1 Å². The lowest BCUT2D eigenvalue weighted by Crippen LogP contribution is -2.25. The molecule has 0 aliphatic carbocycles. The monoisotopic (exact) mass is 275 g/mol. The van der Waals surface area contributed by atoms with Gasteiger partial charge in [-0.1, -0.05) is 0 Å². The Morgan fingerprint density at radius 1 is 1.21 bits per heavy atom. The molecule has 2 aromatic rings. The second-order valence-electron chi connectivity index (χ2n) is 4.40. The van der Waals surface area contributed by atoms with E-state index in [0.29, 0.717) is 12.1 Å². The SMILES string of the molecule is CSc1ccc(C(=O)N(C)Cc2ccc(C)o2)cc1. The van der Waals surface area contributed by atoms with Crippen LogP contribution in [0.15, 0.2) is 45.7 Å². The number of hydrogen-bond donors (Lipinski definition) is 0. The van der Waals surface area contributed by atoms with Crippen molar-refractivity contribution < 1.29 is 9.21 Å². The number of nitrogens with zero attached hydrogens (tertiary/aromatic N) is 1. The maximum Gasteiger partial charge on any atom is 0.254 e. The molecular weight excluding hydrogens is 258 g/mol. The van der Waals surface area contributed by atoms with E-state index < -0.39 is 0 Å². The van der Waals surface area contributed by atoms with Crippen LogP contribution in [0.4, 0.5) is 0 Å². The van der Waals surface area contributed by atoms with Gasteiger partial charge >= 0.3 is 0 Å². The standard InChI is InChI=1S/C15H17NO2S/c1-11-4-7-13(18-11)10-16(2)15(17)12-5-8-14(19-3)9-6-12/h4-9H,10H2,1-3H3. The van der Waals surface area contributed by atoms with Gasteiger partial charge in [0.1, 0.15) is 11.5 Å². The second kappa shape index (κ2) is 5.97. The van der Waals surface area contributed by atoms with Crippen molar-refractivity contribution in [3.8, 4) is 0 Å². The minimum atomic E-state index is 0.00158. The third kappa shape index (κ3) is 3.41. The molecule has 0 aliphatic rings. The topological polar surface area (TPSA) is 33.5 Å². The number of hydrogen-bond acceptors (Lipinski definition) is 3. The molecule has 1 heterocycles. The van der Waals surface area contributed by atoms with Gasteiger partial charge < -0.3 is 9.32 Å². The molecule has 0 N–H and O–H groups in total. The Labute approximate surface area is 117 Å². The molecule has 0 saturated carbocycles. The van der Waals surface area contributed by atoms with Crippen molar-refractivity contribution in [2.45, 2.75) is 18.4 Å². The first-order valence-corrected chi connectivity index (χ1v) is 7.27. The average molecular weight is 275 g/mol. The highest BCUT2D eigenvalue weighted by Crippen LogP contribution is 2.16. The third-order valence-corrected chi connectivity index (χ3v) is 3.62. The van der Waals surface area contributed by atoms with Gasteiger partial charge in [0.15, 0.2) is 0 Å². The van der Waals surface area contributed by atoms with Crippen molar-refractivity contribution in [2.75, 3.05) is 13.3 Å². The fraction of sp³-hybridized carbons (Fsp3) is 0.267. The quantitative estimate of drug-likeness (QED) is 0.800. The summed E-state index contributed by atoms with van der Waals surface area (Å²) in [6.07, 6.45) is 2.02. The molecule has 0 aliphatic heterocycles. The lowest BCUT2D eigenvalue weighted by molar-refractivity contribution is 0.0775. The number of benzene rings is 1. The molecule has 0 fully saturated rings. The summed E-state index contributed by atoms with van der Waals surface area (Å²) in [4.78, 5) is 15.0. The van der Waals surface area contributed by atoms with Crippen molar-refractivity contribution in [1.29, 1.82) is 0 Å². The van der Waals surface area contributed by atoms with Gasteiger partial charge in [0, 0.05) is 17.5 Å². The zero-order valence-corrected chi connectivity index (χ0v) is 12.2. The summed E-state index contributed by atoms with van der Waals surface area (Å²) >= 11 is 1.66. The highest BCUT2D eigenvalue weighted by molar-refractivity contribution is 7.98. The molecular formula is C15H17NO2S. The Bertz CT molecular complexity index is 560. The highest BCUT2D eigenvalue weighted by Gasteiger charge is 2.13. The number of thioether (sulfide) groups is 1. The molecule has 0 bridgehead atoms. The van der Waals surface area contributed by atoms with Crippen LogP contribution in [0.5, 0.6) is 0 Å². The van der Waals surface area contributed by atoms with Crippen molar-refractivity contribution in [3.63, 3.8) is 0 Å². The van der Waals surface area contributed by atoms with Gasteiger partial charge in [-0.2, -0.15) is 0 Å². The predicted molar refractivity (Wildman–Crippen MR) is 77.5 cm³/mol. The lowest BCUT2D eigenvalue weighted by Gasteiger charge is -2.15. The molecule has 1 aromatic heterocycles. The summed E-state index contributed by atoms with van der Waals surface area (Å²) in [5, 5.41) is 0. The molecule has 19 heavy (non-hydrogen) atoms. The summed E-state index contributed by atoms with van der Waals surface area (Å²) in [6, 6.07) is 11.4. The maximum atomic E-state index is 12.2. The van der Waals surface area contributed by atoms with E-state index in [1.54, 1.807) is 23.7 Å². The van der Waals surface area contributed by atoms with Crippen molar-refractivity contribution in [2.24, 2.45) is 0 Å². The van der Waals surface area contributed by atoms with Crippen LogP contribution < -0.4 is 0 Å². The fourth-order valence-corrected chi connectivity index (χ4v) is 2.24. The zero-order valence-electron chi connectivity index (χ0n) is 11.3. The van der Waals surface area contributed by atoms with Crippen molar-refractivity contribution in [1.82, 2.24) is 4.90 Å². The first-order chi connectivity index (χ1) is 9.10. The first-order valence-electron chi connectivity index (χ1n) is 6.05. The van der Waals surface area contributed by atoms with Gasteiger partial charge in [0.05, 0.1) is 6.54 Å². The Morgan fingerprint density at radius 3 is 2.42 bits per heavy atom. The van der Waals surface area contributed by atoms with Crippen molar-refractivity contribution in [3.05, 3.63) is 53.5 Å². The largest absolute Gasteiger partial charge is 0.464 e. The normalized spacial score (nSPS) is 10.5. The van der Waals surface area contributed by atoms with Gasteiger partial charge in [-0.15, -0.1) is 11.8 Å². The van der Waals surface area contributed by atoms with Crippen LogP contribution in [0.3, 0.4) is 0 Å². The van der Waals surface area contributed by atoms with Gasteiger partial charge in [-0.25, -0.2) is 0 Å². The van der Waals surface area contributed by atoms with E-state index in [0.717, 1.165) is 16.4 Å². The Hall–Kier alpha value is -1.68. The van der Waals surface area contributed by atoms with Gasteiger partial charge in [0.2, 0.25) is 0 Å². The Kier molecular flexibility index (Phi) is 4.32. The van der Waals surface area contributed by atoms with E-state index in [2.05, 4.69) is 0 Å². The van der Waals surface area contributed by atoms with E-state index >= 15 is 0 Å². The van der Waals surface area contributed by atoms with Crippen LogP contribution in [0.25, 0.3) is 0 Å². The molecule has 3 nitrogen and oxygen atoms in total. The number of carbonyl (C=O) groups is 1. The molecule has 0 spiro atoms. The van der Waals surface area contributed by atoms with Gasteiger partial charge in [-0.05, 0) is 49.6 Å². The van der Waals surface area contributed by atoms with Gasteiger partial charge in [0.25, 0.3) is 5.91 Å². The lowest BCUT2D eigenvalue weighted by atomic mass is 10.2. The first kappa shape index (κ1) is 13.7. The minimum Gasteiger partial charge on any atom is -0.464 e. The molecule has 2 rings (SSSR count). The molecule has 100 valence electrons. The molecule has 4 heteroatoms. The Morgan fingerprint density at radius 2 is 1.89 bits per heavy atom. The van der Waals surface area contributed by atoms with Crippen LogP contribution in [0.2, 0.25) is 0 Å². The zero-order chi connectivity index (χ0) is 13.8. The number of carbonyl (C=O) groups excluding carboxylic acids is 1. The molecule has 0 atom stereocenters. The molecule has 0 radical (unpaired) electrons. The van der Waals surface area contributed by atoms with Crippen LogP contribution >= 0.6 is 11.8 Å². The fourth-order valence-electron chi connectivity index (χ4n) is 1.83. The van der Waals surface area contributed by atoms with Crippen LogP contribution in [-0.2, 0) is 6.54 Å². The second-order valence-corrected chi connectivity index (χ2v) is 5.28. The predicted octanol–water partition coefficient (Wildman–Crippen LogP) is 3.58. The number of furan rings is 1. The molecule has 1 amide bonds. The Balaban J connectivity index is 2.05. The van der Waals surface area contributed by atoms with E-state index in [1.165, 1.54) is 0 Å². The molecule has 1 aromatic carbocycles. The van der Waals surface area contributed by atoms with E-state index in [1.807, 2.05) is 49.6 Å². The number of rotatable bonds is 4. The van der Waals surface area contributed by atoms with E-state index in [-0.39, 0.29) is 5.91 Å². The average Bonchev–Trinajstić information content (AvgIpc) is 2.83. The van der Waals surface area contributed by atoms with Gasteiger partial charge in [-0.3, -0.25) is 4.79 Å². The smallest absolute Gasteiger partial charge is 0.254 e.